The molecule has 3 amide bonds. The van der Waals surface area contributed by atoms with Gasteiger partial charge < -0.3 is 33.0 Å². The van der Waals surface area contributed by atoms with Gasteiger partial charge in [-0.3, -0.25) is 14.4 Å². The molecule has 0 fully saturated rings. The molecule has 19 nitrogen and oxygen atoms in total. The number of esters is 1. The van der Waals surface area contributed by atoms with Crippen molar-refractivity contribution in [1.29, 1.82) is 0 Å². The van der Waals surface area contributed by atoms with Crippen molar-refractivity contribution in [3.63, 3.8) is 0 Å². The Hall–Kier alpha value is -7.48. The third-order valence-electron chi connectivity index (χ3n) is 7.22. The Balaban J connectivity index is 1.46. The summed E-state index contributed by atoms with van der Waals surface area (Å²) in [5.41, 5.74) is -0.402. The number of para-hydroxylation sites is 3. The summed E-state index contributed by atoms with van der Waals surface area (Å²) >= 11 is 0. The van der Waals surface area contributed by atoms with Gasteiger partial charge in [-0.25, -0.2) is 9.59 Å². The van der Waals surface area contributed by atoms with E-state index in [4.69, 9.17) is 28.1 Å². The summed E-state index contributed by atoms with van der Waals surface area (Å²) in [5, 5.41) is 19.7. The van der Waals surface area contributed by atoms with Crippen LogP contribution >= 0.6 is 0 Å². The number of hydrogen-bond acceptors (Lipinski definition) is 16. The van der Waals surface area contributed by atoms with Crippen LogP contribution in [-0.4, -0.2) is 82.6 Å². The lowest BCUT2D eigenvalue weighted by molar-refractivity contribution is -0.132. The summed E-state index contributed by atoms with van der Waals surface area (Å²) < 4.78 is 35.9. The summed E-state index contributed by atoms with van der Waals surface area (Å²) in [6.07, 6.45) is -2.46. The van der Waals surface area contributed by atoms with Gasteiger partial charge in [0.2, 0.25) is 14.1 Å². The number of imide groups is 1. The number of tetrazole rings is 1. The van der Waals surface area contributed by atoms with Crippen LogP contribution in [-0.2, 0) is 4.79 Å². The molecule has 56 heavy (non-hydrogen) atoms. The van der Waals surface area contributed by atoms with Crippen molar-refractivity contribution < 1.29 is 52.1 Å². The highest BCUT2D eigenvalue weighted by Gasteiger charge is 2.48. The van der Waals surface area contributed by atoms with Crippen LogP contribution < -0.4 is 28.1 Å². The maximum atomic E-state index is 14.1. The molecule has 0 unspecified atom stereocenters. The van der Waals surface area contributed by atoms with Crippen LogP contribution in [0.4, 0.5) is 15.3 Å². The SMILES string of the molecule is CC(=O)Oc1c(OC(=O)N(C)C)c(O[Si](C)(C)C)c(OC(=O)Oc2ccccc2Oc2nnnn2-c2ccccc2)c2c1C(=O)N(N=Nc1ccccc1)C2=O. The third kappa shape index (κ3) is 8.34. The molecule has 0 saturated heterocycles. The Labute approximate surface area is 319 Å². The maximum absolute atomic E-state index is 14.1. The number of amides is 3. The number of nitrogens with zero attached hydrogens (tertiary/aromatic N) is 8. The molecule has 1 aromatic heterocycles. The van der Waals surface area contributed by atoms with Crippen molar-refractivity contribution >= 4 is 44.0 Å². The van der Waals surface area contributed by atoms with Crippen molar-refractivity contribution in [3.05, 3.63) is 96.1 Å². The maximum Gasteiger partial charge on any atom is 0.519 e. The average molecular weight is 781 g/mol. The predicted molar refractivity (Wildman–Crippen MR) is 195 cm³/mol. The van der Waals surface area contributed by atoms with E-state index in [0.29, 0.717) is 10.7 Å². The van der Waals surface area contributed by atoms with E-state index in [2.05, 4.69) is 25.9 Å². The average Bonchev–Trinajstić information content (AvgIpc) is 3.72. The molecule has 0 saturated carbocycles. The third-order valence-corrected chi connectivity index (χ3v) is 8.04. The van der Waals surface area contributed by atoms with Crippen molar-refractivity contribution in [2.75, 3.05) is 14.1 Å². The minimum atomic E-state index is -2.82. The van der Waals surface area contributed by atoms with Crippen LogP contribution in [0, 0.1) is 0 Å². The molecule has 0 aliphatic carbocycles. The van der Waals surface area contributed by atoms with Gasteiger partial charge in [-0.05, 0) is 66.5 Å². The zero-order chi connectivity index (χ0) is 40.1. The van der Waals surface area contributed by atoms with E-state index in [9.17, 15) is 24.0 Å². The number of rotatable bonds is 11. The first-order valence-electron chi connectivity index (χ1n) is 16.6. The number of hydrogen-bond donors (Lipinski definition) is 0. The fourth-order valence-electron chi connectivity index (χ4n) is 4.94. The van der Waals surface area contributed by atoms with Crippen LogP contribution in [0.1, 0.15) is 27.6 Å². The Kier molecular flexibility index (Phi) is 10.8. The van der Waals surface area contributed by atoms with E-state index < -0.39 is 72.5 Å². The summed E-state index contributed by atoms with van der Waals surface area (Å²) in [7, 11) is -0.0877. The number of fused-ring (bicyclic) bond motifs is 1. The van der Waals surface area contributed by atoms with Gasteiger partial charge >= 0.3 is 24.2 Å². The molecular formula is C36H32N8O11Si. The van der Waals surface area contributed by atoms with E-state index in [1.807, 2.05) is 6.07 Å². The lowest BCUT2D eigenvalue weighted by atomic mass is 10.0. The van der Waals surface area contributed by atoms with Crippen LogP contribution in [0.25, 0.3) is 5.69 Å². The molecule has 5 aromatic rings. The second kappa shape index (κ2) is 15.9. The first-order chi connectivity index (χ1) is 26.7. The number of carbonyl (C=O) groups excluding carboxylic acids is 5. The topological polar surface area (TPSA) is 216 Å². The zero-order valence-electron chi connectivity index (χ0n) is 30.7. The molecular weight excluding hydrogens is 749 g/mol. The van der Waals surface area contributed by atoms with Gasteiger partial charge in [-0.2, -0.15) is 4.68 Å². The standard InChI is InChI=1S/C36H32N8O11Si/c1-21(45)50-28-26-27(33(47)44(32(26)46)40-37-22-15-9-7-10-16-22)29(31(55-56(4,5)6)30(28)53-35(48)42(2)3)54-36(49)52-25-20-14-13-19-24(25)51-34-38-39-41-43(34)23-17-11-8-12-18-23/h7-20H,1-6H3. The lowest BCUT2D eigenvalue weighted by Crippen LogP contribution is -2.32. The fraction of sp³-hybridized carbons (Fsp3) is 0.167. The van der Waals surface area contributed by atoms with Crippen molar-refractivity contribution in [1.82, 2.24) is 30.1 Å². The summed E-state index contributed by atoms with van der Waals surface area (Å²) in [5.74, 6) is -5.98. The molecule has 4 aromatic carbocycles. The predicted octanol–water partition coefficient (Wildman–Crippen LogP) is 6.53. The number of aromatic nitrogens is 4. The van der Waals surface area contributed by atoms with Gasteiger partial charge in [0.25, 0.3) is 11.8 Å². The van der Waals surface area contributed by atoms with Gasteiger partial charge in [0.15, 0.2) is 28.7 Å². The lowest BCUT2D eigenvalue weighted by Gasteiger charge is -2.26. The molecule has 20 heteroatoms. The van der Waals surface area contributed by atoms with Crippen LogP contribution in [0.3, 0.4) is 0 Å². The fourth-order valence-corrected chi connectivity index (χ4v) is 5.74. The van der Waals surface area contributed by atoms with Gasteiger partial charge in [0.05, 0.1) is 11.4 Å². The summed E-state index contributed by atoms with van der Waals surface area (Å²) in [4.78, 5) is 68.5. The number of benzene rings is 4. The molecule has 2 heterocycles. The minimum Gasteiger partial charge on any atom is -0.539 e. The Morgan fingerprint density at radius 3 is 1.91 bits per heavy atom. The minimum absolute atomic E-state index is 0.0233. The van der Waals surface area contributed by atoms with E-state index in [-0.39, 0.29) is 23.2 Å². The Morgan fingerprint density at radius 2 is 1.30 bits per heavy atom. The highest BCUT2D eigenvalue weighted by atomic mass is 28.4. The summed E-state index contributed by atoms with van der Waals surface area (Å²) in [6, 6.07) is 22.9. The number of ether oxygens (including phenoxy) is 5. The highest BCUT2D eigenvalue weighted by molar-refractivity contribution is 6.70. The van der Waals surface area contributed by atoms with Crippen LogP contribution in [0.5, 0.6) is 40.5 Å². The second-order valence-electron chi connectivity index (χ2n) is 12.8. The summed E-state index contributed by atoms with van der Waals surface area (Å²) in [6.45, 7) is 6.22. The Bertz CT molecular complexity index is 2360. The quantitative estimate of drug-likeness (QED) is 0.0348. The molecule has 0 N–H and O–H groups in total. The van der Waals surface area contributed by atoms with Crippen molar-refractivity contribution in [3.8, 4) is 46.2 Å². The molecule has 286 valence electrons. The van der Waals surface area contributed by atoms with Crippen LogP contribution in [0.2, 0.25) is 19.6 Å². The van der Waals surface area contributed by atoms with E-state index in [0.717, 1.165) is 11.8 Å². The Morgan fingerprint density at radius 1 is 0.714 bits per heavy atom. The van der Waals surface area contributed by atoms with Gasteiger partial charge in [-0.15, -0.1) is 10.1 Å². The molecule has 6 rings (SSSR count). The van der Waals surface area contributed by atoms with E-state index >= 15 is 0 Å². The first kappa shape index (κ1) is 38.2. The molecule has 1 aliphatic heterocycles. The number of carbonyl (C=O) groups is 5. The van der Waals surface area contributed by atoms with Crippen molar-refractivity contribution in [2.45, 2.75) is 26.6 Å². The second-order valence-corrected chi connectivity index (χ2v) is 17.2. The molecule has 0 spiro atoms. The first-order valence-corrected chi connectivity index (χ1v) is 20.0. The molecule has 0 atom stereocenters. The van der Waals surface area contributed by atoms with E-state index in [1.54, 1.807) is 80.3 Å². The smallest absolute Gasteiger partial charge is 0.519 e. The molecule has 0 bridgehead atoms. The van der Waals surface area contributed by atoms with Gasteiger partial charge in [0.1, 0.15) is 11.1 Å². The van der Waals surface area contributed by atoms with Crippen LogP contribution in [0.15, 0.2) is 95.3 Å². The van der Waals surface area contributed by atoms with Crippen molar-refractivity contribution in [2.24, 2.45) is 10.3 Å². The zero-order valence-corrected chi connectivity index (χ0v) is 31.7. The highest BCUT2D eigenvalue weighted by Crippen LogP contribution is 2.54. The van der Waals surface area contributed by atoms with Gasteiger partial charge in [0, 0.05) is 21.0 Å². The van der Waals surface area contributed by atoms with Gasteiger partial charge in [-0.1, -0.05) is 58.9 Å². The monoisotopic (exact) mass is 780 g/mol. The van der Waals surface area contributed by atoms with E-state index in [1.165, 1.54) is 37.0 Å². The molecule has 1 aliphatic rings. The normalized spacial score (nSPS) is 12.3. The largest absolute Gasteiger partial charge is 0.539 e. The molecule has 0 radical (unpaired) electrons.